The lowest BCUT2D eigenvalue weighted by Crippen LogP contribution is -2.25. The Morgan fingerprint density at radius 1 is 1.40 bits per heavy atom. The summed E-state index contributed by atoms with van der Waals surface area (Å²) in [4.78, 5) is 0. The second kappa shape index (κ2) is 3.34. The Hall–Kier alpha value is -0.830. The van der Waals surface area contributed by atoms with E-state index in [9.17, 15) is 0 Å². The minimum Gasteiger partial charge on any atom is -0.315 e. The summed E-state index contributed by atoms with van der Waals surface area (Å²) < 4.78 is 0. The fraction of sp³-hybridized carbons (Fsp3) is 0.750. The van der Waals surface area contributed by atoms with Gasteiger partial charge in [-0.3, -0.25) is 5.10 Å². The van der Waals surface area contributed by atoms with Crippen molar-refractivity contribution in [1.82, 2.24) is 15.5 Å². The SMILES string of the molecule is Cc1cn[nH]c1[C@H]1CNCC12CCCC2. The molecule has 0 bridgehead atoms. The van der Waals surface area contributed by atoms with Crippen LogP contribution in [0.1, 0.15) is 42.9 Å². The molecule has 2 N–H and O–H groups in total. The van der Waals surface area contributed by atoms with Crippen LogP contribution in [0, 0.1) is 12.3 Å². The molecule has 0 unspecified atom stereocenters. The first-order chi connectivity index (χ1) is 7.32. The number of aryl methyl sites for hydroxylation is 1. The molecule has 3 heteroatoms. The first-order valence-corrected chi connectivity index (χ1v) is 6.02. The maximum atomic E-state index is 4.17. The molecule has 2 aliphatic rings. The first-order valence-electron chi connectivity index (χ1n) is 6.02. The molecule has 0 amide bonds. The van der Waals surface area contributed by atoms with Crippen LogP contribution in [-0.4, -0.2) is 23.3 Å². The predicted octanol–water partition coefficient (Wildman–Crippen LogP) is 1.97. The van der Waals surface area contributed by atoms with Crippen LogP contribution in [-0.2, 0) is 0 Å². The summed E-state index contributed by atoms with van der Waals surface area (Å²) in [6.07, 6.45) is 7.55. The van der Waals surface area contributed by atoms with Crippen LogP contribution in [0.2, 0.25) is 0 Å². The highest BCUT2D eigenvalue weighted by molar-refractivity contribution is 5.24. The average molecular weight is 205 g/mol. The van der Waals surface area contributed by atoms with Gasteiger partial charge in [0.1, 0.15) is 0 Å². The highest BCUT2D eigenvalue weighted by Crippen LogP contribution is 2.50. The van der Waals surface area contributed by atoms with Crippen molar-refractivity contribution in [2.75, 3.05) is 13.1 Å². The third-order valence-electron chi connectivity index (χ3n) is 4.38. The molecule has 0 aromatic carbocycles. The Morgan fingerprint density at radius 3 is 2.87 bits per heavy atom. The Kier molecular flexibility index (Phi) is 2.09. The number of rotatable bonds is 1. The normalized spacial score (nSPS) is 29.0. The van der Waals surface area contributed by atoms with E-state index in [2.05, 4.69) is 22.4 Å². The molecule has 15 heavy (non-hydrogen) atoms. The van der Waals surface area contributed by atoms with Gasteiger partial charge < -0.3 is 5.32 Å². The van der Waals surface area contributed by atoms with Crippen LogP contribution in [0.25, 0.3) is 0 Å². The molecular weight excluding hydrogens is 186 g/mol. The molecule has 1 aliphatic carbocycles. The van der Waals surface area contributed by atoms with Gasteiger partial charge in [0.15, 0.2) is 0 Å². The molecule has 1 spiro atoms. The summed E-state index contributed by atoms with van der Waals surface area (Å²) in [5.74, 6) is 0.669. The second-order valence-electron chi connectivity index (χ2n) is 5.22. The van der Waals surface area contributed by atoms with Gasteiger partial charge in [-0.25, -0.2) is 0 Å². The monoisotopic (exact) mass is 205 g/mol. The van der Waals surface area contributed by atoms with Gasteiger partial charge in [-0.15, -0.1) is 0 Å². The lowest BCUT2D eigenvalue weighted by Gasteiger charge is -2.29. The summed E-state index contributed by atoms with van der Waals surface area (Å²) in [7, 11) is 0. The molecule has 82 valence electrons. The second-order valence-corrected chi connectivity index (χ2v) is 5.22. The van der Waals surface area contributed by atoms with E-state index in [4.69, 9.17) is 0 Å². The van der Waals surface area contributed by atoms with Crippen molar-refractivity contribution in [3.63, 3.8) is 0 Å². The summed E-state index contributed by atoms with van der Waals surface area (Å²) in [5, 5.41) is 10.9. The Balaban J connectivity index is 1.95. The third-order valence-corrected chi connectivity index (χ3v) is 4.38. The van der Waals surface area contributed by atoms with E-state index >= 15 is 0 Å². The number of aromatic amines is 1. The van der Waals surface area contributed by atoms with Gasteiger partial charge in [-0.05, 0) is 30.7 Å². The Bertz CT molecular complexity index is 344. The fourth-order valence-corrected chi connectivity index (χ4v) is 3.53. The molecule has 2 fully saturated rings. The highest BCUT2D eigenvalue weighted by Gasteiger charge is 2.46. The zero-order valence-corrected chi connectivity index (χ0v) is 9.34. The van der Waals surface area contributed by atoms with Crippen molar-refractivity contribution >= 4 is 0 Å². The van der Waals surface area contributed by atoms with Crippen LogP contribution in [0.15, 0.2) is 6.20 Å². The number of hydrogen-bond acceptors (Lipinski definition) is 2. The van der Waals surface area contributed by atoms with Gasteiger partial charge >= 0.3 is 0 Å². The van der Waals surface area contributed by atoms with E-state index in [1.165, 1.54) is 43.5 Å². The fourth-order valence-electron chi connectivity index (χ4n) is 3.53. The van der Waals surface area contributed by atoms with E-state index in [-0.39, 0.29) is 0 Å². The lowest BCUT2D eigenvalue weighted by atomic mass is 9.74. The van der Waals surface area contributed by atoms with E-state index in [1.807, 2.05) is 6.20 Å². The lowest BCUT2D eigenvalue weighted by molar-refractivity contribution is 0.290. The van der Waals surface area contributed by atoms with Crippen molar-refractivity contribution in [2.45, 2.75) is 38.5 Å². The molecule has 1 aliphatic heterocycles. The molecular formula is C12H19N3. The smallest absolute Gasteiger partial charge is 0.0519 e. The molecule has 2 heterocycles. The molecule has 1 atom stereocenters. The summed E-state index contributed by atoms with van der Waals surface area (Å²) in [5.41, 5.74) is 3.24. The summed E-state index contributed by atoms with van der Waals surface area (Å²) in [6.45, 7) is 4.50. The Morgan fingerprint density at radius 2 is 2.20 bits per heavy atom. The van der Waals surface area contributed by atoms with Crippen LogP contribution in [0.5, 0.6) is 0 Å². The van der Waals surface area contributed by atoms with Crippen LogP contribution >= 0.6 is 0 Å². The van der Waals surface area contributed by atoms with Crippen LogP contribution in [0.3, 0.4) is 0 Å². The standard InChI is InChI=1S/C12H19N3/c1-9-6-14-15-11(9)10-7-13-8-12(10)4-2-3-5-12/h6,10,13H,2-5,7-8H2,1H3,(H,14,15)/t10-/m1/s1. The van der Waals surface area contributed by atoms with Crippen LogP contribution in [0.4, 0.5) is 0 Å². The van der Waals surface area contributed by atoms with Crippen molar-refractivity contribution < 1.29 is 0 Å². The number of H-pyrrole nitrogens is 1. The first kappa shape index (κ1) is 9.40. The van der Waals surface area contributed by atoms with Gasteiger partial charge in [-0.1, -0.05) is 12.8 Å². The maximum absolute atomic E-state index is 4.17. The van der Waals surface area contributed by atoms with Gasteiger partial charge in [-0.2, -0.15) is 5.10 Å². The average Bonchev–Trinajstić information content (AvgIpc) is 2.90. The minimum atomic E-state index is 0.539. The summed E-state index contributed by atoms with van der Waals surface area (Å²) >= 11 is 0. The van der Waals surface area contributed by atoms with Crippen molar-refractivity contribution in [1.29, 1.82) is 0 Å². The maximum Gasteiger partial charge on any atom is 0.0519 e. The van der Waals surface area contributed by atoms with Gasteiger partial charge in [0.05, 0.1) is 6.20 Å². The third kappa shape index (κ3) is 1.33. The van der Waals surface area contributed by atoms with E-state index < -0.39 is 0 Å². The largest absolute Gasteiger partial charge is 0.315 e. The molecule has 1 aromatic heterocycles. The molecule has 1 saturated heterocycles. The molecule has 3 nitrogen and oxygen atoms in total. The quantitative estimate of drug-likeness (QED) is 0.736. The minimum absolute atomic E-state index is 0.539. The number of nitrogens with zero attached hydrogens (tertiary/aromatic N) is 1. The van der Waals surface area contributed by atoms with Gasteiger partial charge in [0.25, 0.3) is 0 Å². The van der Waals surface area contributed by atoms with Crippen molar-refractivity contribution in [3.05, 3.63) is 17.5 Å². The van der Waals surface area contributed by atoms with Gasteiger partial charge in [0, 0.05) is 24.7 Å². The predicted molar refractivity (Wildman–Crippen MR) is 59.8 cm³/mol. The van der Waals surface area contributed by atoms with Gasteiger partial charge in [0.2, 0.25) is 0 Å². The van der Waals surface area contributed by atoms with E-state index in [1.54, 1.807) is 0 Å². The van der Waals surface area contributed by atoms with Crippen molar-refractivity contribution in [3.8, 4) is 0 Å². The summed E-state index contributed by atoms with van der Waals surface area (Å²) in [6, 6.07) is 0. The zero-order valence-electron chi connectivity index (χ0n) is 9.34. The number of aromatic nitrogens is 2. The zero-order chi connectivity index (χ0) is 10.3. The van der Waals surface area contributed by atoms with E-state index in [0.29, 0.717) is 11.3 Å². The molecule has 1 aromatic rings. The number of nitrogens with one attached hydrogen (secondary N) is 2. The van der Waals surface area contributed by atoms with Crippen molar-refractivity contribution in [2.24, 2.45) is 5.41 Å². The number of hydrogen-bond donors (Lipinski definition) is 2. The van der Waals surface area contributed by atoms with E-state index in [0.717, 1.165) is 6.54 Å². The molecule has 0 radical (unpaired) electrons. The highest BCUT2D eigenvalue weighted by atomic mass is 15.1. The topological polar surface area (TPSA) is 40.7 Å². The molecule has 1 saturated carbocycles. The van der Waals surface area contributed by atoms with Crippen LogP contribution < -0.4 is 5.32 Å². The molecule has 3 rings (SSSR count). The Labute approximate surface area is 90.7 Å².